The van der Waals surface area contributed by atoms with E-state index < -0.39 is 5.60 Å². The fraction of sp³-hybridized carbons (Fsp3) is 0.462. The Hall–Kier alpha value is -1.51. The highest BCUT2D eigenvalue weighted by molar-refractivity contribution is 8.00. The van der Waals surface area contributed by atoms with E-state index >= 15 is 0 Å². The lowest BCUT2D eigenvalue weighted by atomic mass is 10.1. The summed E-state index contributed by atoms with van der Waals surface area (Å²) in [5, 5.41) is 14.0. The molecule has 2 N–H and O–H groups in total. The molecule has 0 aliphatic carbocycles. The van der Waals surface area contributed by atoms with Crippen LogP contribution in [-0.2, 0) is 7.05 Å². The molecule has 7 nitrogen and oxygen atoms in total. The van der Waals surface area contributed by atoms with Crippen LogP contribution >= 0.6 is 23.5 Å². The summed E-state index contributed by atoms with van der Waals surface area (Å²) in [5.41, 5.74) is -0.784. The lowest BCUT2D eigenvalue weighted by molar-refractivity contribution is 0.0547. The third-order valence-corrected chi connectivity index (χ3v) is 3.50. The van der Waals surface area contributed by atoms with Gasteiger partial charge in [-0.1, -0.05) is 11.6 Å². The van der Waals surface area contributed by atoms with Crippen LogP contribution in [0.5, 0.6) is 5.88 Å². The topological polar surface area (TPSA) is 85.1 Å². The molecule has 0 aromatic carbocycles. The lowest BCUT2D eigenvalue weighted by Gasteiger charge is -2.16. The highest BCUT2D eigenvalue weighted by Crippen LogP contribution is 2.22. The Morgan fingerprint density at radius 3 is 2.86 bits per heavy atom. The van der Waals surface area contributed by atoms with Gasteiger partial charge in [-0.25, -0.2) is 4.98 Å². The molecule has 0 saturated carbocycles. The molecule has 0 atom stereocenters. The molecular formula is C13H18ClN5O2S. The van der Waals surface area contributed by atoms with Gasteiger partial charge in [-0.05, 0) is 25.8 Å². The molecule has 2 aromatic rings. The predicted molar refractivity (Wildman–Crippen MR) is 86.1 cm³/mol. The number of anilines is 1. The Balaban J connectivity index is 1.94. The third-order valence-electron chi connectivity index (χ3n) is 2.58. The minimum Gasteiger partial charge on any atom is -0.477 e. The second-order valence-electron chi connectivity index (χ2n) is 5.32. The Bertz CT molecular complexity index is 629. The smallest absolute Gasteiger partial charge is 0.237 e. The van der Waals surface area contributed by atoms with Gasteiger partial charge in [-0.2, -0.15) is 10.1 Å². The summed E-state index contributed by atoms with van der Waals surface area (Å²) in [6, 6.07) is 1.53. The van der Waals surface area contributed by atoms with Gasteiger partial charge < -0.3 is 9.84 Å². The minimum absolute atomic E-state index is 0.280. The van der Waals surface area contributed by atoms with Crippen molar-refractivity contribution >= 4 is 29.5 Å². The third kappa shape index (κ3) is 5.70. The van der Waals surface area contributed by atoms with E-state index in [1.807, 2.05) is 13.2 Å². The maximum atomic E-state index is 9.65. The number of halogens is 1. The number of hydrogen-bond acceptors (Lipinski definition) is 7. The van der Waals surface area contributed by atoms with Crippen LogP contribution < -0.4 is 9.46 Å². The monoisotopic (exact) mass is 343 g/mol. The molecule has 0 bridgehead atoms. The summed E-state index contributed by atoms with van der Waals surface area (Å²) in [5.74, 6) is 0.707. The van der Waals surface area contributed by atoms with E-state index in [4.69, 9.17) is 16.3 Å². The van der Waals surface area contributed by atoms with Crippen LogP contribution in [-0.4, -0.2) is 37.1 Å². The number of nitrogens with zero attached hydrogens (tertiary/aromatic N) is 4. The van der Waals surface area contributed by atoms with Gasteiger partial charge in [0.15, 0.2) is 0 Å². The summed E-state index contributed by atoms with van der Waals surface area (Å²) in [6.07, 6.45) is 4.08. The lowest BCUT2D eigenvalue weighted by Crippen LogP contribution is -2.22. The number of ether oxygens (including phenoxy) is 1. The van der Waals surface area contributed by atoms with Gasteiger partial charge in [0.25, 0.3) is 0 Å². The van der Waals surface area contributed by atoms with Crippen molar-refractivity contribution in [2.24, 2.45) is 7.05 Å². The molecule has 0 aliphatic rings. The van der Waals surface area contributed by atoms with Crippen molar-refractivity contribution < 1.29 is 9.84 Å². The Morgan fingerprint density at radius 1 is 1.45 bits per heavy atom. The van der Waals surface area contributed by atoms with Crippen LogP contribution in [0.15, 0.2) is 23.4 Å². The van der Waals surface area contributed by atoms with Crippen molar-refractivity contribution in [2.45, 2.75) is 30.8 Å². The zero-order valence-corrected chi connectivity index (χ0v) is 14.1. The van der Waals surface area contributed by atoms with E-state index in [0.29, 0.717) is 24.9 Å². The molecule has 22 heavy (non-hydrogen) atoms. The molecule has 0 radical (unpaired) electrons. The quantitative estimate of drug-likeness (QED) is 0.590. The van der Waals surface area contributed by atoms with E-state index in [0.717, 1.165) is 4.90 Å². The van der Waals surface area contributed by atoms with Crippen LogP contribution in [0, 0.1) is 0 Å². The fourth-order valence-corrected chi connectivity index (χ4v) is 2.26. The summed E-state index contributed by atoms with van der Waals surface area (Å²) in [6.45, 7) is 3.79. The van der Waals surface area contributed by atoms with E-state index in [-0.39, 0.29) is 5.15 Å². The molecule has 0 saturated heterocycles. The largest absolute Gasteiger partial charge is 0.477 e. The Kier molecular flexibility index (Phi) is 5.49. The van der Waals surface area contributed by atoms with Crippen molar-refractivity contribution in [3.05, 3.63) is 23.6 Å². The molecule has 2 heterocycles. The first-order valence-electron chi connectivity index (χ1n) is 6.63. The molecular weight excluding hydrogens is 326 g/mol. The molecule has 0 amide bonds. The number of rotatable bonds is 7. The first-order chi connectivity index (χ1) is 10.3. The fourth-order valence-electron chi connectivity index (χ4n) is 1.48. The van der Waals surface area contributed by atoms with Gasteiger partial charge in [0.2, 0.25) is 11.8 Å². The number of nitrogens with one attached hydrogen (secondary N) is 1. The van der Waals surface area contributed by atoms with E-state index in [2.05, 4.69) is 19.8 Å². The highest BCUT2D eigenvalue weighted by atomic mass is 35.5. The SMILES string of the molecule is Cn1cc(SNc2nc(Cl)cc(OCCC(C)(C)O)n2)cn1. The van der Waals surface area contributed by atoms with Gasteiger partial charge in [0.05, 0.1) is 23.3 Å². The van der Waals surface area contributed by atoms with E-state index in [1.165, 1.54) is 18.0 Å². The average Bonchev–Trinajstić information content (AvgIpc) is 2.80. The maximum absolute atomic E-state index is 9.65. The molecule has 0 spiro atoms. The van der Waals surface area contributed by atoms with Gasteiger partial charge >= 0.3 is 0 Å². The molecule has 120 valence electrons. The Morgan fingerprint density at radius 2 is 2.23 bits per heavy atom. The number of aliphatic hydroxyl groups is 1. The van der Waals surface area contributed by atoms with Crippen LogP contribution in [0.2, 0.25) is 5.15 Å². The van der Waals surface area contributed by atoms with Gasteiger partial charge in [0.1, 0.15) is 5.15 Å². The number of hydrogen-bond donors (Lipinski definition) is 2. The first kappa shape index (κ1) is 16.9. The van der Waals surface area contributed by atoms with Crippen LogP contribution in [0.25, 0.3) is 0 Å². The standard InChI is InChI=1S/C13H18ClN5O2S/c1-13(2,20)4-5-21-11-6-10(14)16-12(17-11)18-22-9-7-15-19(3)8-9/h6-8,20H,4-5H2,1-3H3,(H,16,17,18). The molecule has 0 aliphatic heterocycles. The van der Waals surface area contributed by atoms with E-state index in [9.17, 15) is 5.11 Å². The van der Waals surface area contributed by atoms with Crippen LogP contribution in [0.4, 0.5) is 5.95 Å². The van der Waals surface area contributed by atoms with Crippen molar-refractivity contribution in [2.75, 3.05) is 11.3 Å². The molecule has 2 rings (SSSR count). The van der Waals surface area contributed by atoms with E-state index in [1.54, 1.807) is 24.7 Å². The second kappa shape index (κ2) is 7.17. The normalized spacial score (nSPS) is 11.5. The maximum Gasteiger partial charge on any atom is 0.237 e. The number of aryl methyl sites for hydroxylation is 1. The van der Waals surface area contributed by atoms with Crippen molar-refractivity contribution in [3.63, 3.8) is 0 Å². The summed E-state index contributed by atoms with van der Waals surface area (Å²) in [7, 11) is 1.84. The van der Waals surface area contributed by atoms with Gasteiger partial charge in [-0.15, -0.1) is 0 Å². The highest BCUT2D eigenvalue weighted by Gasteiger charge is 2.13. The summed E-state index contributed by atoms with van der Waals surface area (Å²) >= 11 is 7.29. The predicted octanol–water partition coefficient (Wildman–Crippen LogP) is 2.52. The van der Waals surface area contributed by atoms with Gasteiger partial charge in [0, 0.05) is 25.7 Å². The van der Waals surface area contributed by atoms with Crippen LogP contribution in [0.1, 0.15) is 20.3 Å². The minimum atomic E-state index is -0.784. The number of aromatic nitrogens is 4. The van der Waals surface area contributed by atoms with Crippen molar-refractivity contribution in [1.29, 1.82) is 0 Å². The zero-order chi connectivity index (χ0) is 16.2. The summed E-state index contributed by atoms with van der Waals surface area (Å²) < 4.78 is 10.2. The molecule has 0 fully saturated rings. The Labute approximate surface area is 138 Å². The molecule has 2 aromatic heterocycles. The second-order valence-corrected chi connectivity index (χ2v) is 6.58. The average molecular weight is 344 g/mol. The van der Waals surface area contributed by atoms with Crippen molar-refractivity contribution in [3.8, 4) is 5.88 Å². The van der Waals surface area contributed by atoms with Crippen LogP contribution in [0.3, 0.4) is 0 Å². The summed E-state index contributed by atoms with van der Waals surface area (Å²) in [4.78, 5) is 9.22. The zero-order valence-electron chi connectivity index (χ0n) is 12.6. The molecule has 0 unspecified atom stereocenters. The van der Waals surface area contributed by atoms with Gasteiger partial charge in [-0.3, -0.25) is 9.40 Å². The first-order valence-corrected chi connectivity index (χ1v) is 7.82. The van der Waals surface area contributed by atoms with Crippen molar-refractivity contribution in [1.82, 2.24) is 19.7 Å². The molecule has 9 heteroatoms.